The highest BCUT2D eigenvalue weighted by Gasteiger charge is 2.09. The van der Waals surface area contributed by atoms with Crippen LogP contribution in [0.4, 0.5) is 4.79 Å². The van der Waals surface area contributed by atoms with Crippen molar-refractivity contribution in [3.63, 3.8) is 0 Å². The number of benzene rings is 2. The number of rotatable bonds is 4. The van der Waals surface area contributed by atoms with Crippen LogP contribution in [0.3, 0.4) is 0 Å². The second-order valence-corrected chi connectivity index (χ2v) is 4.77. The van der Waals surface area contributed by atoms with Gasteiger partial charge in [0.2, 0.25) is 0 Å². The lowest BCUT2D eigenvalue weighted by Gasteiger charge is -2.15. The van der Waals surface area contributed by atoms with Crippen molar-refractivity contribution < 1.29 is 4.79 Å². The lowest BCUT2D eigenvalue weighted by Crippen LogP contribution is -2.36. The van der Waals surface area contributed by atoms with Crippen molar-refractivity contribution in [1.29, 1.82) is 5.26 Å². The summed E-state index contributed by atoms with van der Waals surface area (Å²) < 4.78 is 0. The number of hydrogen-bond acceptors (Lipinski definition) is 2. The topological polar surface area (TPSA) is 64.9 Å². The fourth-order valence-corrected chi connectivity index (χ4v) is 1.96. The van der Waals surface area contributed by atoms with Crippen molar-refractivity contribution in [2.45, 2.75) is 19.5 Å². The molecule has 0 aliphatic rings. The van der Waals surface area contributed by atoms with Crippen molar-refractivity contribution in [2.75, 3.05) is 0 Å². The third-order valence-electron chi connectivity index (χ3n) is 3.18. The fourth-order valence-electron chi connectivity index (χ4n) is 1.96. The molecular formula is C17H17N3O. The number of carbonyl (C=O) groups excluding carboxylic acids is 1. The number of urea groups is 1. The van der Waals surface area contributed by atoms with E-state index in [0.29, 0.717) is 12.1 Å². The van der Waals surface area contributed by atoms with Crippen LogP contribution in [0.2, 0.25) is 0 Å². The van der Waals surface area contributed by atoms with E-state index in [1.807, 2.05) is 49.4 Å². The van der Waals surface area contributed by atoms with Gasteiger partial charge in [0.05, 0.1) is 17.7 Å². The Bertz CT molecular complexity index is 629. The van der Waals surface area contributed by atoms with Gasteiger partial charge in [0.15, 0.2) is 0 Å². The zero-order valence-electron chi connectivity index (χ0n) is 11.8. The van der Waals surface area contributed by atoms with Crippen molar-refractivity contribution in [3.05, 3.63) is 71.3 Å². The van der Waals surface area contributed by atoms with Crippen LogP contribution in [-0.4, -0.2) is 6.03 Å². The van der Waals surface area contributed by atoms with Gasteiger partial charge in [-0.3, -0.25) is 0 Å². The number of nitrogens with zero attached hydrogens (tertiary/aromatic N) is 1. The zero-order valence-corrected chi connectivity index (χ0v) is 11.8. The van der Waals surface area contributed by atoms with Crippen molar-refractivity contribution in [3.8, 4) is 6.07 Å². The van der Waals surface area contributed by atoms with Crippen LogP contribution in [0.1, 0.15) is 29.7 Å². The summed E-state index contributed by atoms with van der Waals surface area (Å²) in [6.07, 6.45) is 0. The summed E-state index contributed by atoms with van der Waals surface area (Å²) in [5.74, 6) is 0. The molecular weight excluding hydrogens is 262 g/mol. The lowest BCUT2D eigenvalue weighted by molar-refractivity contribution is 0.237. The Hall–Kier alpha value is -2.80. The first-order valence-corrected chi connectivity index (χ1v) is 6.77. The average molecular weight is 279 g/mol. The number of amides is 2. The van der Waals surface area contributed by atoms with Gasteiger partial charge in [-0.15, -0.1) is 0 Å². The molecule has 0 saturated carbocycles. The molecule has 0 heterocycles. The molecule has 4 nitrogen and oxygen atoms in total. The van der Waals surface area contributed by atoms with Crippen LogP contribution in [0.25, 0.3) is 0 Å². The highest BCUT2D eigenvalue weighted by atomic mass is 16.2. The Morgan fingerprint density at radius 1 is 1.14 bits per heavy atom. The summed E-state index contributed by atoms with van der Waals surface area (Å²) in [5, 5.41) is 14.5. The molecule has 0 spiro atoms. The van der Waals surface area contributed by atoms with E-state index >= 15 is 0 Å². The number of hydrogen-bond donors (Lipinski definition) is 2. The zero-order chi connectivity index (χ0) is 15.1. The number of nitrogens with one attached hydrogen (secondary N) is 2. The summed E-state index contributed by atoms with van der Waals surface area (Å²) in [7, 11) is 0. The van der Waals surface area contributed by atoms with Gasteiger partial charge < -0.3 is 10.6 Å². The van der Waals surface area contributed by atoms with E-state index in [2.05, 4.69) is 16.7 Å². The SMILES string of the molecule is C[C@H](NC(=O)NCc1ccccc1)c1ccc(C#N)cc1. The summed E-state index contributed by atoms with van der Waals surface area (Å²) in [4.78, 5) is 11.8. The lowest BCUT2D eigenvalue weighted by atomic mass is 10.1. The predicted molar refractivity (Wildman–Crippen MR) is 81.4 cm³/mol. The van der Waals surface area contributed by atoms with Gasteiger partial charge in [-0.1, -0.05) is 42.5 Å². The Labute approximate surface area is 124 Å². The molecule has 0 unspecified atom stereocenters. The quantitative estimate of drug-likeness (QED) is 0.903. The molecule has 1 atom stereocenters. The Morgan fingerprint density at radius 3 is 2.43 bits per heavy atom. The highest BCUT2D eigenvalue weighted by Crippen LogP contribution is 2.12. The first kappa shape index (κ1) is 14.6. The molecule has 0 bridgehead atoms. The monoisotopic (exact) mass is 279 g/mol. The van der Waals surface area contributed by atoms with Crippen LogP contribution in [0.15, 0.2) is 54.6 Å². The number of carbonyl (C=O) groups is 1. The molecule has 0 fully saturated rings. The molecule has 0 radical (unpaired) electrons. The third-order valence-corrected chi connectivity index (χ3v) is 3.18. The van der Waals surface area contributed by atoms with Gasteiger partial charge in [0.25, 0.3) is 0 Å². The largest absolute Gasteiger partial charge is 0.334 e. The molecule has 0 aliphatic heterocycles. The molecule has 2 aromatic rings. The molecule has 21 heavy (non-hydrogen) atoms. The van der Waals surface area contributed by atoms with Crippen LogP contribution in [0.5, 0.6) is 0 Å². The fraction of sp³-hybridized carbons (Fsp3) is 0.176. The molecule has 2 rings (SSSR count). The maximum absolute atomic E-state index is 11.8. The van der Waals surface area contributed by atoms with Gasteiger partial charge in [-0.2, -0.15) is 5.26 Å². The normalized spacial score (nSPS) is 11.2. The average Bonchev–Trinajstić information content (AvgIpc) is 2.54. The Kier molecular flexibility index (Phi) is 4.94. The van der Waals surface area contributed by atoms with Crippen molar-refractivity contribution >= 4 is 6.03 Å². The standard InChI is InChI=1S/C17H17N3O/c1-13(16-9-7-14(11-18)8-10-16)20-17(21)19-12-15-5-3-2-4-6-15/h2-10,13H,12H2,1H3,(H2,19,20,21)/t13-/m0/s1. The second kappa shape index (κ2) is 7.11. The van der Waals surface area contributed by atoms with Crippen LogP contribution in [-0.2, 0) is 6.54 Å². The van der Waals surface area contributed by atoms with Crippen LogP contribution < -0.4 is 10.6 Å². The minimum absolute atomic E-state index is 0.117. The molecule has 106 valence electrons. The van der Waals surface area contributed by atoms with E-state index in [1.54, 1.807) is 12.1 Å². The summed E-state index contributed by atoms with van der Waals surface area (Å²) in [6, 6.07) is 18.7. The van der Waals surface area contributed by atoms with Crippen LogP contribution in [0, 0.1) is 11.3 Å². The first-order chi connectivity index (χ1) is 10.2. The molecule has 2 amide bonds. The molecule has 2 aromatic carbocycles. The Morgan fingerprint density at radius 2 is 1.81 bits per heavy atom. The maximum Gasteiger partial charge on any atom is 0.315 e. The summed E-state index contributed by atoms with van der Waals surface area (Å²) in [6.45, 7) is 2.40. The van der Waals surface area contributed by atoms with Gasteiger partial charge in [0.1, 0.15) is 0 Å². The minimum Gasteiger partial charge on any atom is -0.334 e. The molecule has 0 saturated heterocycles. The van der Waals surface area contributed by atoms with E-state index in [-0.39, 0.29) is 12.1 Å². The van der Waals surface area contributed by atoms with Crippen LogP contribution >= 0.6 is 0 Å². The molecule has 0 aromatic heterocycles. The summed E-state index contributed by atoms with van der Waals surface area (Å²) in [5.41, 5.74) is 2.63. The maximum atomic E-state index is 11.8. The van der Waals surface area contributed by atoms with Crippen molar-refractivity contribution in [2.24, 2.45) is 0 Å². The van der Waals surface area contributed by atoms with Gasteiger partial charge in [-0.25, -0.2) is 4.79 Å². The van der Waals surface area contributed by atoms with E-state index in [4.69, 9.17) is 5.26 Å². The predicted octanol–water partition coefficient (Wildman–Crippen LogP) is 3.12. The van der Waals surface area contributed by atoms with Gasteiger partial charge in [0, 0.05) is 6.54 Å². The van der Waals surface area contributed by atoms with E-state index in [9.17, 15) is 4.79 Å². The van der Waals surface area contributed by atoms with Gasteiger partial charge >= 0.3 is 6.03 Å². The third kappa shape index (κ3) is 4.36. The smallest absolute Gasteiger partial charge is 0.315 e. The molecule has 2 N–H and O–H groups in total. The Balaban J connectivity index is 1.85. The minimum atomic E-state index is -0.212. The summed E-state index contributed by atoms with van der Waals surface area (Å²) >= 11 is 0. The first-order valence-electron chi connectivity index (χ1n) is 6.77. The molecule has 0 aliphatic carbocycles. The van der Waals surface area contributed by atoms with E-state index in [0.717, 1.165) is 11.1 Å². The second-order valence-electron chi connectivity index (χ2n) is 4.77. The van der Waals surface area contributed by atoms with Gasteiger partial charge in [-0.05, 0) is 30.2 Å². The highest BCUT2D eigenvalue weighted by molar-refractivity contribution is 5.74. The van der Waals surface area contributed by atoms with E-state index < -0.39 is 0 Å². The van der Waals surface area contributed by atoms with Crippen molar-refractivity contribution in [1.82, 2.24) is 10.6 Å². The van der Waals surface area contributed by atoms with E-state index in [1.165, 1.54) is 0 Å². The number of nitriles is 1. The molecule has 4 heteroatoms.